The molecule has 17 heteroatoms. The summed E-state index contributed by atoms with van der Waals surface area (Å²) in [6.45, 7) is 0. The summed E-state index contributed by atoms with van der Waals surface area (Å²) >= 11 is 0.875. The van der Waals surface area contributed by atoms with E-state index >= 15 is 0 Å². The SMILES string of the molecule is NS(=O)(=O)c1nc2ccc(N3C(=O)c4cccnc4C3=O)cc2s1.O=S(=O)(O)C(F)(F)F. The second-order valence-corrected chi connectivity index (χ2v) is 10.1. The van der Waals surface area contributed by atoms with Crippen LogP contribution in [0.3, 0.4) is 0 Å². The van der Waals surface area contributed by atoms with E-state index in [2.05, 4.69) is 9.97 Å². The fourth-order valence-electron chi connectivity index (χ4n) is 2.45. The molecular formula is C15H9F3N4O7S3. The Labute approximate surface area is 181 Å². The van der Waals surface area contributed by atoms with Gasteiger partial charge in [-0.15, -0.1) is 11.3 Å². The highest BCUT2D eigenvalue weighted by atomic mass is 32.2. The first-order chi connectivity index (χ1) is 14.6. The highest BCUT2D eigenvalue weighted by Crippen LogP contribution is 2.32. The number of primary sulfonamides is 1. The molecule has 3 N–H and O–H groups in total. The second-order valence-electron chi connectivity index (χ2n) is 5.94. The number of pyridine rings is 1. The van der Waals surface area contributed by atoms with E-state index in [4.69, 9.17) is 18.1 Å². The quantitative estimate of drug-likeness (QED) is 0.294. The topological polar surface area (TPSA) is 178 Å². The van der Waals surface area contributed by atoms with Gasteiger partial charge in [-0.1, -0.05) is 0 Å². The van der Waals surface area contributed by atoms with Gasteiger partial charge >= 0.3 is 15.6 Å². The predicted molar refractivity (Wildman–Crippen MR) is 104 cm³/mol. The number of benzene rings is 1. The van der Waals surface area contributed by atoms with E-state index in [9.17, 15) is 31.2 Å². The number of halogens is 3. The molecule has 170 valence electrons. The van der Waals surface area contributed by atoms with Crippen molar-refractivity contribution in [1.29, 1.82) is 0 Å². The number of amides is 2. The van der Waals surface area contributed by atoms with Crippen LogP contribution in [0.15, 0.2) is 40.9 Å². The number of thiazole rings is 1. The van der Waals surface area contributed by atoms with Gasteiger partial charge in [-0.3, -0.25) is 19.1 Å². The van der Waals surface area contributed by atoms with Gasteiger partial charge in [0.15, 0.2) is 0 Å². The zero-order valence-corrected chi connectivity index (χ0v) is 17.6. The van der Waals surface area contributed by atoms with Crippen LogP contribution in [-0.2, 0) is 20.1 Å². The van der Waals surface area contributed by atoms with Gasteiger partial charge in [-0.2, -0.15) is 21.6 Å². The maximum Gasteiger partial charge on any atom is 0.522 e. The Kier molecular flexibility index (Phi) is 5.81. The number of anilines is 1. The first-order valence-corrected chi connectivity index (χ1v) is 11.7. The third-order valence-corrected chi connectivity index (χ3v) is 6.72. The van der Waals surface area contributed by atoms with E-state index < -0.39 is 37.5 Å². The molecule has 11 nitrogen and oxygen atoms in total. The second kappa shape index (κ2) is 7.85. The third-order valence-electron chi connectivity index (χ3n) is 3.79. The molecule has 2 aromatic heterocycles. The van der Waals surface area contributed by atoms with Crippen LogP contribution in [0, 0.1) is 0 Å². The van der Waals surface area contributed by atoms with Crippen molar-refractivity contribution in [2.45, 2.75) is 9.85 Å². The molecular weight excluding hydrogens is 501 g/mol. The number of carbonyl (C=O) groups excluding carboxylic acids is 2. The van der Waals surface area contributed by atoms with Gasteiger partial charge in [0.2, 0.25) is 4.34 Å². The zero-order valence-electron chi connectivity index (χ0n) is 15.1. The number of carbonyl (C=O) groups is 2. The predicted octanol–water partition coefficient (Wildman–Crippen LogP) is 1.53. The Bertz CT molecular complexity index is 1430. The molecule has 32 heavy (non-hydrogen) atoms. The number of hydrogen-bond acceptors (Lipinski definition) is 9. The lowest BCUT2D eigenvalue weighted by Gasteiger charge is -2.13. The molecule has 0 unspecified atom stereocenters. The highest BCUT2D eigenvalue weighted by Gasteiger charge is 2.44. The van der Waals surface area contributed by atoms with Gasteiger partial charge < -0.3 is 0 Å². The Balaban J connectivity index is 0.000000312. The summed E-state index contributed by atoms with van der Waals surface area (Å²) in [5, 5.41) is 5.08. The normalized spacial score (nSPS) is 14.3. The summed E-state index contributed by atoms with van der Waals surface area (Å²) in [5.74, 6) is -0.996. The van der Waals surface area contributed by atoms with Crippen LogP contribution in [0.2, 0.25) is 0 Å². The van der Waals surface area contributed by atoms with E-state index in [0.29, 0.717) is 15.9 Å². The molecule has 0 atom stereocenters. The number of imide groups is 1. The fourth-order valence-corrected chi connectivity index (χ4v) is 4.14. The smallest absolute Gasteiger partial charge is 0.279 e. The van der Waals surface area contributed by atoms with Gasteiger partial charge in [-0.05, 0) is 30.3 Å². The average molecular weight is 510 g/mol. The van der Waals surface area contributed by atoms with Crippen LogP contribution < -0.4 is 10.0 Å². The van der Waals surface area contributed by atoms with E-state index in [1.54, 1.807) is 6.07 Å². The summed E-state index contributed by atoms with van der Waals surface area (Å²) in [7, 11) is -9.75. The summed E-state index contributed by atoms with van der Waals surface area (Å²) in [6, 6.07) is 7.71. The molecule has 1 aliphatic heterocycles. The Hall–Kier alpha value is -2.99. The Morgan fingerprint density at radius 1 is 1.06 bits per heavy atom. The standard InChI is InChI=1S/C14H8N4O4S2.CHF3O3S/c15-24(21,22)14-17-9-4-3-7(6-10(9)23-14)18-12(19)8-2-1-5-16-11(8)13(18)20;2-1(3,4)8(5,6)7/h1-6H,(H2,15,21,22);(H,5,6,7). The van der Waals surface area contributed by atoms with E-state index in [1.807, 2.05) is 0 Å². The molecule has 0 radical (unpaired) electrons. The maximum absolute atomic E-state index is 12.4. The number of alkyl halides is 3. The van der Waals surface area contributed by atoms with Crippen molar-refractivity contribution >= 4 is 59.2 Å². The molecule has 0 saturated carbocycles. The Morgan fingerprint density at radius 3 is 2.22 bits per heavy atom. The Morgan fingerprint density at radius 2 is 1.69 bits per heavy atom. The number of rotatable bonds is 2. The van der Waals surface area contributed by atoms with Crippen molar-refractivity contribution < 1.29 is 44.1 Å². The molecule has 1 aliphatic rings. The van der Waals surface area contributed by atoms with Crippen molar-refractivity contribution in [2.24, 2.45) is 5.14 Å². The largest absolute Gasteiger partial charge is 0.522 e. The zero-order chi connectivity index (χ0) is 24.1. The fraction of sp³-hybridized carbons (Fsp3) is 0.0667. The molecule has 0 aliphatic carbocycles. The number of hydrogen-bond donors (Lipinski definition) is 2. The maximum atomic E-state index is 12.4. The van der Waals surface area contributed by atoms with Crippen molar-refractivity contribution in [1.82, 2.24) is 9.97 Å². The van der Waals surface area contributed by atoms with Crippen LogP contribution in [0.25, 0.3) is 10.2 Å². The number of nitrogens with zero attached hydrogens (tertiary/aromatic N) is 3. The average Bonchev–Trinajstić information content (AvgIpc) is 3.20. The minimum atomic E-state index is -5.84. The first kappa shape index (κ1) is 23.7. The lowest BCUT2D eigenvalue weighted by Crippen LogP contribution is -2.29. The number of nitrogens with two attached hydrogens (primary N) is 1. The molecule has 3 aromatic rings. The number of aromatic nitrogens is 2. The van der Waals surface area contributed by atoms with E-state index in [-0.39, 0.29) is 15.6 Å². The monoisotopic (exact) mass is 510 g/mol. The summed E-state index contributed by atoms with van der Waals surface area (Å²) in [5.41, 5.74) is -4.47. The lowest BCUT2D eigenvalue weighted by molar-refractivity contribution is -0.0510. The molecule has 0 spiro atoms. The van der Waals surface area contributed by atoms with Crippen LogP contribution in [-0.4, -0.2) is 48.7 Å². The number of fused-ring (bicyclic) bond motifs is 2. The van der Waals surface area contributed by atoms with Gasteiger partial charge in [0, 0.05) is 6.20 Å². The highest BCUT2D eigenvalue weighted by molar-refractivity contribution is 7.91. The van der Waals surface area contributed by atoms with Crippen molar-refractivity contribution in [3.63, 3.8) is 0 Å². The van der Waals surface area contributed by atoms with Crippen LogP contribution in [0.4, 0.5) is 18.9 Å². The van der Waals surface area contributed by atoms with Crippen LogP contribution in [0.5, 0.6) is 0 Å². The molecule has 0 bridgehead atoms. The van der Waals surface area contributed by atoms with Crippen LogP contribution >= 0.6 is 11.3 Å². The van der Waals surface area contributed by atoms with Crippen LogP contribution in [0.1, 0.15) is 20.8 Å². The van der Waals surface area contributed by atoms with Gasteiger partial charge in [0.05, 0.1) is 21.5 Å². The van der Waals surface area contributed by atoms with E-state index in [0.717, 1.165) is 16.2 Å². The summed E-state index contributed by atoms with van der Waals surface area (Å²) < 4.78 is 80.6. The molecule has 0 saturated heterocycles. The lowest BCUT2D eigenvalue weighted by atomic mass is 10.2. The molecule has 0 fully saturated rings. The summed E-state index contributed by atoms with van der Waals surface area (Å²) in [6.07, 6.45) is 1.44. The molecule has 4 rings (SSSR count). The van der Waals surface area contributed by atoms with Gasteiger partial charge in [0.25, 0.3) is 21.8 Å². The first-order valence-electron chi connectivity index (χ1n) is 7.92. The third kappa shape index (κ3) is 4.46. The van der Waals surface area contributed by atoms with E-state index in [1.165, 1.54) is 30.5 Å². The van der Waals surface area contributed by atoms with Crippen molar-refractivity contribution in [3.05, 3.63) is 47.8 Å². The molecule has 3 heterocycles. The van der Waals surface area contributed by atoms with Gasteiger partial charge in [0.1, 0.15) is 5.69 Å². The van der Waals surface area contributed by atoms with Crippen molar-refractivity contribution in [3.8, 4) is 0 Å². The minimum Gasteiger partial charge on any atom is -0.279 e. The number of sulfonamides is 1. The summed E-state index contributed by atoms with van der Waals surface area (Å²) in [4.78, 5) is 33.8. The molecule has 2 amide bonds. The van der Waals surface area contributed by atoms with Gasteiger partial charge in [-0.25, -0.2) is 23.4 Å². The minimum absolute atomic E-state index is 0.0946. The molecule has 1 aromatic carbocycles. The van der Waals surface area contributed by atoms with Crippen molar-refractivity contribution in [2.75, 3.05) is 4.90 Å².